The normalized spacial score (nSPS) is 12.8. The second kappa shape index (κ2) is 5.87. The maximum absolute atomic E-state index is 11.1. The molecule has 3 aromatic rings. The molecule has 0 radical (unpaired) electrons. The lowest BCUT2D eigenvalue weighted by molar-refractivity contribution is 0.0656. The highest BCUT2D eigenvalue weighted by atomic mass is 16.7. The first-order chi connectivity index (χ1) is 12.4. The summed E-state index contributed by atoms with van der Waals surface area (Å²) in [6, 6.07) is 5.60. The second-order valence-electron chi connectivity index (χ2n) is 6.12. The van der Waals surface area contributed by atoms with E-state index in [4.69, 9.17) is 19.0 Å². The Kier molecular flexibility index (Phi) is 3.64. The van der Waals surface area contributed by atoms with Crippen molar-refractivity contribution in [2.75, 3.05) is 18.7 Å². The van der Waals surface area contributed by atoms with Gasteiger partial charge < -0.3 is 23.9 Å². The third-order valence-electron chi connectivity index (χ3n) is 4.17. The van der Waals surface area contributed by atoms with Crippen LogP contribution in [0.3, 0.4) is 0 Å². The molecule has 3 heterocycles. The highest BCUT2D eigenvalue weighted by molar-refractivity contribution is 5.86. The summed E-state index contributed by atoms with van der Waals surface area (Å²) in [5.41, 5.74) is 1.52. The van der Waals surface area contributed by atoms with Crippen LogP contribution in [0, 0.1) is 0 Å². The summed E-state index contributed by atoms with van der Waals surface area (Å²) in [6.07, 6.45) is 0. The number of carbonyl (C=O) groups is 1. The SMILES string of the molecule is CC(C)N(C)c1nc2oc(C(=O)O)nc2nc1-c1ccc2c(c1)OCO2. The number of nitrogens with zero attached hydrogens (tertiary/aromatic N) is 4. The van der Waals surface area contributed by atoms with E-state index < -0.39 is 11.9 Å². The monoisotopic (exact) mass is 356 g/mol. The Morgan fingerprint density at radius 3 is 2.69 bits per heavy atom. The molecule has 26 heavy (non-hydrogen) atoms. The number of rotatable bonds is 4. The Bertz CT molecular complexity index is 1010. The second-order valence-corrected chi connectivity index (χ2v) is 6.12. The van der Waals surface area contributed by atoms with Gasteiger partial charge in [-0.1, -0.05) is 0 Å². The molecule has 4 rings (SSSR count). The molecule has 0 unspecified atom stereocenters. The Morgan fingerprint density at radius 2 is 1.96 bits per heavy atom. The van der Waals surface area contributed by atoms with Crippen LogP contribution < -0.4 is 14.4 Å². The van der Waals surface area contributed by atoms with Crippen molar-refractivity contribution in [1.82, 2.24) is 15.0 Å². The Labute approximate surface area is 148 Å². The van der Waals surface area contributed by atoms with E-state index in [1.807, 2.05) is 37.9 Å². The van der Waals surface area contributed by atoms with Gasteiger partial charge in [-0.3, -0.25) is 0 Å². The van der Waals surface area contributed by atoms with Gasteiger partial charge in [-0.25, -0.2) is 9.78 Å². The van der Waals surface area contributed by atoms with Crippen molar-refractivity contribution in [2.24, 2.45) is 0 Å². The number of aromatic carboxylic acids is 1. The topological polar surface area (TPSA) is 111 Å². The van der Waals surface area contributed by atoms with Crippen LogP contribution in [0.4, 0.5) is 5.82 Å². The number of oxazole rings is 1. The zero-order chi connectivity index (χ0) is 18.4. The van der Waals surface area contributed by atoms with Crippen LogP contribution in [0.25, 0.3) is 22.6 Å². The third kappa shape index (κ3) is 2.57. The van der Waals surface area contributed by atoms with Crippen LogP contribution in [0.5, 0.6) is 11.5 Å². The Hall–Kier alpha value is -3.36. The quantitative estimate of drug-likeness (QED) is 0.753. The smallest absolute Gasteiger partial charge is 0.392 e. The highest BCUT2D eigenvalue weighted by Crippen LogP contribution is 2.38. The molecule has 0 saturated heterocycles. The molecule has 0 fully saturated rings. The van der Waals surface area contributed by atoms with Crippen molar-refractivity contribution in [2.45, 2.75) is 19.9 Å². The van der Waals surface area contributed by atoms with E-state index >= 15 is 0 Å². The van der Waals surface area contributed by atoms with Gasteiger partial charge in [0, 0.05) is 18.7 Å². The molecule has 0 atom stereocenters. The van der Waals surface area contributed by atoms with E-state index in [0.29, 0.717) is 23.0 Å². The van der Waals surface area contributed by atoms with Gasteiger partial charge in [-0.2, -0.15) is 9.97 Å². The van der Waals surface area contributed by atoms with Crippen molar-refractivity contribution in [1.29, 1.82) is 0 Å². The van der Waals surface area contributed by atoms with E-state index in [0.717, 1.165) is 5.56 Å². The number of fused-ring (bicyclic) bond motifs is 2. The molecule has 9 nitrogen and oxygen atoms in total. The van der Waals surface area contributed by atoms with Gasteiger partial charge >= 0.3 is 11.9 Å². The first-order valence-electron chi connectivity index (χ1n) is 7.98. The molecule has 134 valence electrons. The minimum atomic E-state index is -1.27. The largest absolute Gasteiger partial charge is 0.474 e. The molecule has 9 heteroatoms. The van der Waals surface area contributed by atoms with Crippen molar-refractivity contribution in [3.05, 3.63) is 24.1 Å². The first kappa shape index (κ1) is 16.1. The minimum absolute atomic E-state index is 0.0781. The third-order valence-corrected chi connectivity index (χ3v) is 4.17. The molecule has 0 amide bonds. The average Bonchev–Trinajstić information content (AvgIpc) is 3.25. The van der Waals surface area contributed by atoms with Crippen LogP contribution in [0.1, 0.15) is 24.5 Å². The zero-order valence-electron chi connectivity index (χ0n) is 14.4. The summed E-state index contributed by atoms with van der Waals surface area (Å²) < 4.78 is 16.0. The van der Waals surface area contributed by atoms with E-state index in [1.54, 1.807) is 6.07 Å². The van der Waals surface area contributed by atoms with Crippen molar-refractivity contribution in [3.8, 4) is 22.8 Å². The summed E-state index contributed by atoms with van der Waals surface area (Å²) in [7, 11) is 1.88. The van der Waals surface area contributed by atoms with Crippen molar-refractivity contribution in [3.63, 3.8) is 0 Å². The summed E-state index contributed by atoms with van der Waals surface area (Å²) in [5, 5.41) is 9.09. The van der Waals surface area contributed by atoms with Crippen LogP contribution >= 0.6 is 0 Å². The number of benzene rings is 1. The number of aromatic nitrogens is 3. The van der Waals surface area contributed by atoms with Crippen LogP contribution in [0.15, 0.2) is 22.6 Å². The molecule has 1 aromatic carbocycles. The minimum Gasteiger partial charge on any atom is -0.474 e. The molecule has 0 spiro atoms. The fourth-order valence-electron chi connectivity index (χ4n) is 2.57. The van der Waals surface area contributed by atoms with Crippen molar-refractivity contribution < 1.29 is 23.8 Å². The van der Waals surface area contributed by atoms with E-state index in [2.05, 4.69) is 15.0 Å². The molecular formula is C17H16N4O5. The van der Waals surface area contributed by atoms with Gasteiger partial charge in [0.05, 0.1) is 0 Å². The fourth-order valence-corrected chi connectivity index (χ4v) is 2.57. The summed E-state index contributed by atoms with van der Waals surface area (Å²) in [6.45, 7) is 4.20. The standard InChI is InChI=1S/C17H16N4O5/c1-8(2)21(3)14-12(9-4-5-10-11(6-9)25-7-24-10)18-13-15(20-14)26-16(19-13)17(22)23/h4-6,8H,7H2,1-3H3,(H,22,23). The maximum atomic E-state index is 11.1. The number of carboxylic acids is 1. The van der Waals surface area contributed by atoms with Crippen LogP contribution in [0.2, 0.25) is 0 Å². The van der Waals surface area contributed by atoms with Crippen LogP contribution in [-0.2, 0) is 0 Å². The molecule has 2 aromatic heterocycles. The van der Waals surface area contributed by atoms with Crippen molar-refractivity contribution >= 4 is 23.1 Å². The average molecular weight is 356 g/mol. The lowest BCUT2D eigenvalue weighted by atomic mass is 10.1. The van der Waals surface area contributed by atoms with E-state index in [-0.39, 0.29) is 24.2 Å². The maximum Gasteiger partial charge on any atom is 0.392 e. The zero-order valence-corrected chi connectivity index (χ0v) is 14.4. The fraction of sp³-hybridized carbons (Fsp3) is 0.294. The van der Waals surface area contributed by atoms with Gasteiger partial charge in [-0.05, 0) is 32.0 Å². The summed E-state index contributed by atoms with van der Waals surface area (Å²) in [5.74, 6) is 0.124. The predicted octanol–water partition coefficient (Wildman–Crippen LogP) is 2.56. The molecular weight excluding hydrogens is 340 g/mol. The Balaban J connectivity index is 1.93. The van der Waals surface area contributed by atoms with Crippen LogP contribution in [-0.4, -0.2) is 45.9 Å². The first-order valence-corrected chi connectivity index (χ1v) is 7.98. The number of hydrogen-bond donors (Lipinski definition) is 1. The summed E-state index contributed by atoms with van der Waals surface area (Å²) >= 11 is 0. The van der Waals surface area contributed by atoms with Gasteiger partial charge in [0.15, 0.2) is 17.3 Å². The molecule has 1 aliphatic heterocycles. The lowest BCUT2D eigenvalue weighted by Gasteiger charge is -2.24. The molecule has 1 N–H and O–H groups in total. The Morgan fingerprint density at radius 1 is 1.19 bits per heavy atom. The highest BCUT2D eigenvalue weighted by Gasteiger charge is 2.23. The van der Waals surface area contributed by atoms with E-state index in [1.165, 1.54) is 0 Å². The van der Waals surface area contributed by atoms with Gasteiger partial charge in [0.25, 0.3) is 5.71 Å². The number of anilines is 1. The van der Waals surface area contributed by atoms with Gasteiger partial charge in [0.2, 0.25) is 12.4 Å². The molecule has 0 bridgehead atoms. The number of hydrogen-bond acceptors (Lipinski definition) is 8. The summed E-state index contributed by atoms with van der Waals surface area (Å²) in [4.78, 5) is 25.9. The molecule has 0 aliphatic carbocycles. The molecule has 1 aliphatic rings. The lowest BCUT2D eigenvalue weighted by Crippen LogP contribution is -2.27. The number of ether oxygens (including phenoxy) is 2. The predicted molar refractivity (Wildman–Crippen MR) is 91.7 cm³/mol. The van der Waals surface area contributed by atoms with E-state index in [9.17, 15) is 4.79 Å². The van der Waals surface area contributed by atoms with Gasteiger partial charge in [-0.15, -0.1) is 0 Å². The molecule has 0 saturated carbocycles. The number of carboxylic acid groups (broad SMARTS) is 1. The van der Waals surface area contributed by atoms with Gasteiger partial charge in [0.1, 0.15) is 5.69 Å².